The van der Waals surface area contributed by atoms with E-state index in [-0.39, 0.29) is 18.0 Å². The molecule has 1 amide bonds. The molecule has 0 spiro atoms. The van der Waals surface area contributed by atoms with Crippen molar-refractivity contribution >= 4 is 23.7 Å². The number of anilines is 1. The summed E-state index contributed by atoms with van der Waals surface area (Å²) >= 11 is 0. The lowest BCUT2D eigenvalue weighted by atomic mass is 10.3. The summed E-state index contributed by atoms with van der Waals surface area (Å²) in [5, 5.41) is 16.6. The van der Waals surface area contributed by atoms with Crippen LogP contribution in [-0.2, 0) is 14.3 Å². The fraction of sp³-hybridized carbons (Fsp3) is 0.333. The normalized spacial score (nSPS) is 9.71. The van der Waals surface area contributed by atoms with E-state index in [1.54, 1.807) is 6.92 Å². The molecule has 8 nitrogen and oxygen atoms in total. The van der Waals surface area contributed by atoms with Crippen molar-refractivity contribution in [3.63, 3.8) is 0 Å². The van der Waals surface area contributed by atoms with E-state index in [9.17, 15) is 14.4 Å². The number of aliphatic carboxylic acids is 1. The second kappa shape index (κ2) is 5.64. The molecule has 0 aliphatic heterocycles. The van der Waals surface area contributed by atoms with Gasteiger partial charge in [0.2, 0.25) is 5.91 Å². The van der Waals surface area contributed by atoms with Gasteiger partial charge in [-0.3, -0.25) is 14.7 Å². The van der Waals surface area contributed by atoms with Crippen LogP contribution in [0.1, 0.15) is 23.7 Å². The molecule has 1 heterocycles. The molecule has 0 atom stereocenters. The number of aromatic amines is 1. The largest absolute Gasteiger partial charge is 0.481 e. The summed E-state index contributed by atoms with van der Waals surface area (Å²) in [6, 6.07) is 0. The van der Waals surface area contributed by atoms with Gasteiger partial charge in [-0.15, -0.1) is 0 Å². The number of hydrogen-bond donors (Lipinski definition) is 3. The van der Waals surface area contributed by atoms with Crippen LogP contribution in [0.15, 0.2) is 6.20 Å². The van der Waals surface area contributed by atoms with Crippen LogP contribution in [0, 0.1) is 0 Å². The number of esters is 1. The van der Waals surface area contributed by atoms with Crippen LogP contribution < -0.4 is 5.32 Å². The molecule has 0 unspecified atom stereocenters. The predicted molar refractivity (Wildman–Crippen MR) is 55.4 cm³/mol. The van der Waals surface area contributed by atoms with Crippen molar-refractivity contribution in [2.75, 3.05) is 11.9 Å². The lowest BCUT2D eigenvalue weighted by molar-refractivity contribution is -0.139. The van der Waals surface area contributed by atoms with E-state index in [4.69, 9.17) is 9.84 Å². The van der Waals surface area contributed by atoms with Gasteiger partial charge in [-0.05, 0) is 6.92 Å². The number of amides is 1. The molecule has 0 fully saturated rings. The molecule has 0 aromatic carbocycles. The number of carbonyl (C=O) groups is 3. The van der Waals surface area contributed by atoms with Gasteiger partial charge in [0.15, 0.2) is 0 Å². The fourth-order valence-corrected chi connectivity index (χ4v) is 1.07. The summed E-state index contributed by atoms with van der Waals surface area (Å²) in [5.74, 6) is -2.64. The number of hydrogen-bond acceptors (Lipinski definition) is 5. The number of nitrogens with one attached hydrogen (secondary N) is 2. The summed E-state index contributed by atoms with van der Waals surface area (Å²) < 4.78 is 4.72. The average Bonchev–Trinajstić information content (AvgIpc) is 2.64. The van der Waals surface area contributed by atoms with E-state index in [0.717, 1.165) is 0 Å². The van der Waals surface area contributed by atoms with E-state index < -0.39 is 24.3 Å². The number of carboxylic acids is 1. The lowest BCUT2D eigenvalue weighted by Crippen LogP contribution is -2.18. The SMILES string of the molecule is CCOC(=O)c1cn[nH]c1NC(=O)CC(=O)O. The molecule has 0 aliphatic carbocycles. The van der Waals surface area contributed by atoms with Gasteiger partial charge in [-0.25, -0.2) is 4.79 Å². The molecular weight excluding hydrogens is 230 g/mol. The number of aromatic nitrogens is 2. The molecule has 0 aliphatic rings. The topological polar surface area (TPSA) is 121 Å². The van der Waals surface area contributed by atoms with Crippen molar-refractivity contribution in [1.82, 2.24) is 10.2 Å². The Hall–Kier alpha value is -2.38. The van der Waals surface area contributed by atoms with E-state index in [2.05, 4.69) is 15.5 Å². The fourth-order valence-electron chi connectivity index (χ4n) is 1.07. The van der Waals surface area contributed by atoms with Crippen LogP contribution in [0.3, 0.4) is 0 Å². The van der Waals surface area contributed by atoms with Crippen LogP contribution >= 0.6 is 0 Å². The number of ether oxygens (including phenoxy) is 1. The molecular formula is C9H11N3O5. The highest BCUT2D eigenvalue weighted by Crippen LogP contribution is 2.12. The van der Waals surface area contributed by atoms with Crippen molar-refractivity contribution in [3.05, 3.63) is 11.8 Å². The maximum atomic E-state index is 11.4. The van der Waals surface area contributed by atoms with Gasteiger partial charge in [0, 0.05) is 0 Å². The van der Waals surface area contributed by atoms with Crippen LogP contribution in [0.4, 0.5) is 5.82 Å². The third-order valence-electron chi connectivity index (χ3n) is 1.71. The molecule has 0 saturated heterocycles. The minimum atomic E-state index is -1.26. The quantitative estimate of drug-likeness (QED) is 0.492. The number of nitrogens with zero attached hydrogens (tertiary/aromatic N) is 1. The molecule has 92 valence electrons. The van der Waals surface area contributed by atoms with Gasteiger partial charge in [0.05, 0.1) is 12.8 Å². The van der Waals surface area contributed by atoms with Crippen molar-refractivity contribution in [1.29, 1.82) is 0 Å². The zero-order chi connectivity index (χ0) is 12.8. The Kier molecular flexibility index (Phi) is 4.21. The molecule has 1 rings (SSSR count). The second-order valence-corrected chi connectivity index (χ2v) is 3.00. The Labute approximate surface area is 96.0 Å². The first-order valence-corrected chi connectivity index (χ1v) is 4.76. The van der Waals surface area contributed by atoms with Gasteiger partial charge >= 0.3 is 11.9 Å². The van der Waals surface area contributed by atoms with Crippen LogP contribution in [0.2, 0.25) is 0 Å². The molecule has 0 bridgehead atoms. The number of rotatable bonds is 5. The molecule has 8 heteroatoms. The average molecular weight is 241 g/mol. The first-order chi connectivity index (χ1) is 8.04. The van der Waals surface area contributed by atoms with Crippen LogP contribution in [0.25, 0.3) is 0 Å². The number of carbonyl (C=O) groups excluding carboxylic acids is 2. The van der Waals surface area contributed by atoms with Crippen LogP contribution in [-0.4, -0.2) is 39.8 Å². The maximum absolute atomic E-state index is 11.4. The van der Waals surface area contributed by atoms with Gasteiger partial charge in [-0.2, -0.15) is 5.10 Å². The monoisotopic (exact) mass is 241 g/mol. The van der Waals surface area contributed by atoms with E-state index in [0.29, 0.717) is 0 Å². The van der Waals surface area contributed by atoms with Gasteiger partial charge < -0.3 is 15.2 Å². The highest BCUT2D eigenvalue weighted by Gasteiger charge is 2.17. The molecule has 1 aromatic rings. The third-order valence-corrected chi connectivity index (χ3v) is 1.71. The van der Waals surface area contributed by atoms with Gasteiger partial charge in [-0.1, -0.05) is 0 Å². The van der Waals surface area contributed by atoms with E-state index >= 15 is 0 Å². The van der Waals surface area contributed by atoms with Gasteiger partial charge in [0.1, 0.15) is 17.8 Å². The molecule has 3 N–H and O–H groups in total. The van der Waals surface area contributed by atoms with E-state index in [1.165, 1.54) is 6.20 Å². The standard InChI is InChI=1S/C9H11N3O5/c1-2-17-9(16)5-4-10-12-8(5)11-6(13)3-7(14)15/h4H,2-3H2,1H3,(H,14,15)(H2,10,11,12,13). The first kappa shape index (κ1) is 12.7. The second-order valence-electron chi connectivity index (χ2n) is 3.00. The van der Waals surface area contributed by atoms with Gasteiger partial charge in [0.25, 0.3) is 0 Å². The summed E-state index contributed by atoms with van der Waals surface area (Å²) in [7, 11) is 0. The summed E-state index contributed by atoms with van der Waals surface area (Å²) in [6.45, 7) is 1.83. The summed E-state index contributed by atoms with van der Waals surface area (Å²) in [5.41, 5.74) is 0.0468. The zero-order valence-electron chi connectivity index (χ0n) is 9.02. The molecule has 0 radical (unpaired) electrons. The van der Waals surface area contributed by atoms with Crippen molar-refractivity contribution in [2.45, 2.75) is 13.3 Å². The maximum Gasteiger partial charge on any atom is 0.343 e. The molecule has 17 heavy (non-hydrogen) atoms. The van der Waals surface area contributed by atoms with Crippen molar-refractivity contribution < 1.29 is 24.2 Å². The van der Waals surface area contributed by atoms with Crippen molar-refractivity contribution in [2.24, 2.45) is 0 Å². The Morgan fingerprint density at radius 2 is 2.24 bits per heavy atom. The Morgan fingerprint density at radius 3 is 2.82 bits per heavy atom. The zero-order valence-corrected chi connectivity index (χ0v) is 9.02. The minimum absolute atomic E-state index is 0.0229. The summed E-state index contributed by atoms with van der Waals surface area (Å²) in [6.07, 6.45) is 0.496. The Bertz CT molecular complexity index is 440. The molecule has 1 aromatic heterocycles. The predicted octanol–water partition coefficient (Wildman–Crippen LogP) is -0.000400. The Morgan fingerprint density at radius 1 is 1.53 bits per heavy atom. The lowest BCUT2D eigenvalue weighted by Gasteiger charge is -2.03. The third kappa shape index (κ3) is 3.59. The number of carboxylic acid groups (broad SMARTS) is 1. The number of H-pyrrole nitrogens is 1. The summed E-state index contributed by atoms with van der Waals surface area (Å²) in [4.78, 5) is 32.8. The van der Waals surface area contributed by atoms with E-state index in [1.807, 2.05) is 0 Å². The minimum Gasteiger partial charge on any atom is -0.481 e. The molecule has 0 saturated carbocycles. The first-order valence-electron chi connectivity index (χ1n) is 4.76. The highest BCUT2D eigenvalue weighted by atomic mass is 16.5. The van der Waals surface area contributed by atoms with Crippen LogP contribution in [0.5, 0.6) is 0 Å². The Balaban J connectivity index is 2.72. The van der Waals surface area contributed by atoms with Crippen molar-refractivity contribution in [3.8, 4) is 0 Å². The highest BCUT2D eigenvalue weighted by molar-refractivity contribution is 6.04. The smallest absolute Gasteiger partial charge is 0.343 e.